The normalized spacial score (nSPS) is 14.2. The van der Waals surface area contributed by atoms with Crippen molar-refractivity contribution >= 4 is 11.6 Å². The second-order valence-electron chi connectivity index (χ2n) is 8.30. The Balaban J connectivity index is 1.16. The lowest BCUT2D eigenvalue weighted by Gasteiger charge is -2.36. The van der Waals surface area contributed by atoms with Crippen LogP contribution in [-0.2, 0) is 13.1 Å². The molecule has 0 radical (unpaired) electrons. The van der Waals surface area contributed by atoms with Crippen molar-refractivity contribution in [2.45, 2.75) is 13.1 Å². The van der Waals surface area contributed by atoms with Gasteiger partial charge in [-0.25, -0.2) is 14.6 Å². The molecule has 5 rings (SSSR count). The Labute approximate surface area is 198 Å². The third-order valence-corrected chi connectivity index (χ3v) is 6.11. The Morgan fingerprint density at radius 3 is 2.35 bits per heavy atom. The summed E-state index contributed by atoms with van der Waals surface area (Å²) in [4.78, 5) is 25.8. The van der Waals surface area contributed by atoms with E-state index in [1.54, 1.807) is 29.3 Å². The van der Waals surface area contributed by atoms with Crippen LogP contribution in [0.25, 0.3) is 5.82 Å². The van der Waals surface area contributed by atoms with Gasteiger partial charge < -0.3 is 10.2 Å². The predicted molar refractivity (Wildman–Crippen MR) is 131 cm³/mol. The molecule has 1 N–H and O–H groups in total. The Morgan fingerprint density at radius 1 is 0.882 bits per heavy atom. The van der Waals surface area contributed by atoms with Crippen LogP contribution in [0.15, 0.2) is 85.6 Å². The van der Waals surface area contributed by atoms with E-state index in [9.17, 15) is 4.79 Å². The van der Waals surface area contributed by atoms with E-state index < -0.39 is 0 Å². The maximum absolute atomic E-state index is 12.7. The third-order valence-electron chi connectivity index (χ3n) is 6.11. The number of para-hydroxylation sites is 1. The highest BCUT2D eigenvalue weighted by Gasteiger charge is 2.18. The summed E-state index contributed by atoms with van der Waals surface area (Å²) in [5, 5.41) is 7.09. The minimum absolute atomic E-state index is 0.149. The summed E-state index contributed by atoms with van der Waals surface area (Å²) in [6.45, 7) is 5.41. The fourth-order valence-corrected chi connectivity index (χ4v) is 4.19. The van der Waals surface area contributed by atoms with Gasteiger partial charge in [0.1, 0.15) is 12.7 Å². The average molecular weight is 454 g/mol. The zero-order valence-electron chi connectivity index (χ0n) is 18.9. The molecule has 0 saturated carbocycles. The van der Waals surface area contributed by atoms with E-state index in [2.05, 4.69) is 78.7 Å². The van der Waals surface area contributed by atoms with E-state index in [1.165, 1.54) is 17.6 Å². The molecule has 1 saturated heterocycles. The number of carbonyl (C=O) groups excluding carboxylic acids is 1. The quantitative estimate of drug-likeness (QED) is 0.464. The lowest BCUT2D eigenvalue weighted by Crippen LogP contribution is -2.46. The van der Waals surface area contributed by atoms with Crippen LogP contribution in [0.1, 0.15) is 21.5 Å². The van der Waals surface area contributed by atoms with Gasteiger partial charge in [0.15, 0.2) is 5.82 Å². The monoisotopic (exact) mass is 453 g/mol. The first-order valence-corrected chi connectivity index (χ1v) is 11.4. The van der Waals surface area contributed by atoms with Crippen LogP contribution in [0, 0.1) is 0 Å². The lowest BCUT2D eigenvalue weighted by atomic mass is 10.1. The average Bonchev–Trinajstić information content (AvgIpc) is 3.44. The van der Waals surface area contributed by atoms with Gasteiger partial charge in [0, 0.05) is 51.2 Å². The summed E-state index contributed by atoms with van der Waals surface area (Å²) < 4.78 is 1.55. The Kier molecular flexibility index (Phi) is 6.58. The molecule has 0 unspecified atom stereocenters. The standard InChI is InChI=1S/C26H27N7O/c34-26(22-10-11-25(28-17-22)33-20-27-19-30-33)29-16-21-6-4-5-7-23(21)18-31-12-14-32(15-13-31)24-8-2-1-3-9-24/h1-11,17,19-20H,12-16,18H2,(H,29,34). The number of nitrogens with one attached hydrogen (secondary N) is 1. The van der Waals surface area contributed by atoms with Gasteiger partial charge in [-0.1, -0.05) is 42.5 Å². The molecule has 1 fully saturated rings. The predicted octanol–water partition coefficient (Wildman–Crippen LogP) is 2.91. The molecule has 0 aliphatic carbocycles. The van der Waals surface area contributed by atoms with Gasteiger partial charge in [-0.3, -0.25) is 9.69 Å². The highest BCUT2D eigenvalue weighted by molar-refractivity contribution is 5.93. The van der Waals surface area contributed by atoms with Gasteiger partial charge >= 0.3 is 0 Å². The van der Waals surface area contributed by atoms with E-state index in [0.29, 0.717) is 17.9 Å². The van der Waals surface area contributed by atoms with Crippen molar-refractivity contribution in [1.29, 1.82) is 0 Å². The molecule has 34 heavy (non-hydrogen) atoms. The molecular weight excluding hydrogens is 426 g/mol. The molecule has 2 aromatic carbocycles. The van der Waals surface area contributed by atoms with Crippen LogP contribution in [0.2, 0.25) is 0 Å². The van der Waals surface area contributed by atoms with Crippen molar-refractivity contribution in [2.75, 3.05) is 31.1 Å². The number of aromatic nitrogens is 4. The number of carbonyl (C=O) groups is 1. The summed E-state index contributed by atoms with van der Waals surface area (Å²) >= 11 is 0. The third kappa shape index (κ3) is 5.13. The van der Waals surface area contributed by atoms with E-state index >= 15 is 0 Å². The molecule has 8 nitrogen and oxygen atoms in total. The molecule has 4 aromatic rings. The van der Waals surface area contributed by atoms with Crippen molar-refractivity contribution in [3.8, 4) is 5.82 Å². The molecule has 3 heterocycles. The topological polar surface area (TPSA) is 79.2 Å². The first kappa shape index (κ1) is 21.8. The van der Waals surface area contributed by atoms with E-state index in [4.69, 9.17) is 0 Å². The second kappa shape index (κ2) is 10.3. The SMILES string of the molecule is O=C(NCc1ccccc1CN1CCN(c2ccccc2)CC1)c1ccc(-n2cncn2)nc1. The van der Waals surface area contributed by atoms with Crippen LogP contribution in [0.3, 0.4) is 0 Å². The van der Waals surface area contributed by atoms with Crippen molar-refractivity contribution in [1.82, 2.24) is 30.0 Å². The molecule has 2 aromatic heterocycles. The summed E-state index contributed by atoms with van der Waals surface area (Å²) in [6, 6.07) is 22.4. The zero-order valence-corrected chi connectivity index (χ0v) is 18.9. The minimum Gasteiger partial charge on any atom is -0.369 e. The number of benzene rings is 2. The highest BCUT2D eigenvalue weighted by atomic mass is 16.1. The maximum atomic E-state index is 12.7. The van der Waals surface area contributed by atoms with Crippen LogP contribution in [-0.4, -0.2) is 56.7 Å². The number of piperazine rings is 1. The van der Waals surface area contributed by atoms with Gasteiger partial charge in [-0.2, -0.15) is 5.10 Å². The zero-order chi connectivity index (χ0) is 23.2. The van der Waals surface area contributed by atoms with Crippen LogP contribution in [0.4, 0.5) is 5.69 Å². The first-order valence-electron chi connectivity index (χ1n) is 11.4. The number of nitrogens with zero attached hydrogens (tertiary/aromatic N) is 6. The van der Waals surface area contributed by atoms with Crippen molar-refractivity contribution in [2.24, 2.45) is 0 Å². The summed E-state index contributed by atoms with van der Waals surface area (Å²) in [6.07, 6.45) is 4.58. The number of hydrogen-bond acceptors (Lipinski definition) is 6. The number of hydrogen-bond donors (Lipinski definition) is 1. The molecular formula is C26H27N7O. The largest absolute Gasteiger partial charge is 0.369 e. The van der Waals surface area contributed by atoms with E-state index in [1.807, 2.05) is 6.07 Å². The van der Waals surface area contributed by atoms with E-state index in [0.717, 1.165) is 38.3 Å². The smallest absolute Gasteiger partial charge is 0.253 e. The Morgan fingerprint density at radius 2 is 1.65 bits per heavy atom. The number of rotatable bonds is 7. The fraction of sp³-hybridized carbons (Fsp3) is 0.231. The van der Waals surface area contributed by atoms with Crippen LogP contribution in [0.5, 0.6) is 0 Å². The van der Waals surface area contributed by atoms with Gasteiger partial charge in [0.05, 0.1) is 5.56 Å². The molecule has 8 heteroatoms. The number of anilines is 1. The summed E-state index contributed by atoms with van der Waals surface area (Å²) in [5.74, 6) is 0.468. The van der Waals surface area contributed by atoms with Gasteiger partial charge in [0.25, 0.3) is 5.91 Å². The van der Waals surface area contributed by atoms with Crippen molar-refractivity contribution in [3.63, 3.8) is 0 Å². The Hall–Kier alpha value is -4.04. The fourth-order valence-electron chi connectivity index (χ4n) is 4.19. The van der Waals surface area contributed by atoms with E-state index in [-0.39, 0.29) is 5.91 Å². The van der Waals surface area contributed by atoms with Gasteiger partial charge in [-0.15, -0.1) is 0 Å². The molecule has 1 aliphatic heterocycles. The molecule has 0 spiro atoms. The first-order chi connectivity index (χ1) is 16.8. The molecule has 1 aliphatic rings. The number of amides is 1. The van der Waals surface area contributed by atoms with Crippen molar-refractivity contribution < 1.29 is 4.79 Å². The van der Waals surface area contributed by atoms with Crippen molar-refractivity contribution in [3.05, 3.63) is 102 Å². The number of pyridine rings is 1. The molecule has 1 amide bonds. The summed E-state index contributed by atoms with van der Waals surface area (Å²) in [5.41, 5.74) is 4.18. The van der Waals surface area contributed by atoms with Crippen LogP contribution >= 0.6 is 0 Å². The summed E-state index contributed by atoms with van der Waals surface area (Å²) in [7, 11) is 0. The molecule has 0 atom stereocenters. The highest BCUT2D eigenvalue weighted by Crippen LogP contribution is 2.18. The second-order valence-corrected chi connectivity index (χ2v) is 8.30. The van der Waals surface area contributed by atoms with Gasteiger partial charge in [0.2, 0.25) is 0 Å². The minimum atomic E-state index is -0.149. The van der Waals surface area contributed by atoms with Gasteiger partial charge in [-0.05, 0) is 35.4 Å². The Bertz CT molecular complexity index is 1200. The molecule has 172 valence electrons. The maximum Gasteiger partial charge on any atom is 0.253 e. The molecule has 0 bridgehead atoms. The van der Waals surface area contributed by atoms with Crippen LogP contribution < -0.4 is 10.2 Å². The lowest BCUT2D eigenvalue weighted by molar-refractivity contribution is 0.0950.